The molecule has 3 heteroatoms. The molecular formula is C16H18ClNO. The predicted molar refractivity (Wildman–Crippen MR) is 81.0 cm³/mol. The van der Waals surface area contributed by atoms with Crippen LogP contribution >= 0.6 is 11.6 Å². The van der Waals surface area contributed by atoms with E-state index in [2.05, 4.69) is 19.2 Å². The molecule has 0 radical (unpaired) electrons. The number of ether oxygens (including phenoxy) is 1. The van der Waals surface area contributed by atoms with Crippen molar-refractivity contribution in [3.05, 3.63) is 59.1 Å². The maximum absolute atomic E-state index is 5.85. The van der Waals surface area contributed by atoms with Crippen LogP contribution in [0.1, 0.15) is 19.4 Å². The van der Waals surface area contributed by atoms with E-state index >= 15 is 0 Å². The zero-order chi connectivity index (χ0) is 13.7. The molecule has 0 aliphatic carbocycles. The summed E-state index contributed by atoms with van der Waals surface area (Å²) in [6.07, 6.45) is 0. The third-order valence-corrected chi connectivity index (χ3v) is 2.86. The van der Waals surface area contributed by atoms with E-state index in [4.69, 9.17) is 16.3 Å². The Bertz CT molecular complexity index is 523. The molecule has 0 heterocycles. The quantitative estimate of drug-likeness (QED) is 0.851. The number of hydrogen-bond donors (Lipinski definition) is 1. The van der Waals surface area contributed by atoms with Gasteiger partial charge in [0.15, 0.2) is 0 Å². The Hall–Kier alpha value is -1.67. The lowest BCUT2D eigenvalue weighted by atomic mass is 10.2. The van der Waals surface area contributed by atoms with E-state index in [1.54, 1.807) is 0 Å². The van der Waals surface area contributed by atoms with Gasteiger partial charge in [-0.1, -0.05) is 29.8 Å². The van der Waals surface area contributed by atoms with E-state index in [0.717, 1.165) is 22.0 Å². The van der Waals surface area contributed by atoms with Gasteiger partial charge >= 0.3 is 0 Å². The molecule has 0 aliphatic rings. The fraction of sp³-hybridized carbons (Fsp3) is 0.250. The zero-order valence-corrected chi connectivity index (χ0v) is 11.9. The normalized spacial score (nSPS) is 10.5. The Morgan fingerprint density at radius 1 is 1.11 bits per heavy atom. The summed E-state index contributed by atoms with van der Waals surface area (Å²) < 4.78 is 5.77. The van der Waals surface area contributed by atoms with Crippen LogP contribution in [0.25, 0.3) is 0 Å². The number of anilines is 1. The smallest absolute Gasteiger partial charge is 0.121 e. The van der Waals surface area contributed by atoms with Gasteiger partial charge in [-0.25, -0.2) is 0 Å². The van der Waals surface area contributed by atoms with Crippen LogP contribution in [-0.2, 0) is 6.61 Å². The highest BCUT2D eigenvalue weighted by molar-refractivity contribution is 6.30. The number of halogens is 1. The number of hydrogen-bond acceptors (Lipinski definition) is 2. The van der Waals surface area contributed by atoms with Gasteiger partial charge in [-0.05, 0) is 43.7 Å². The van der Waals surface area contributed by atoms with Gasteiger partial charge in [-0.15, -0.1) is 0 Å². The van der Waals surface area contributed by atoms with Crippen LogP contribution in [0.2, 0.25) is 5.02 Å². The van der Waals surface area contributed by atoms with E-state index in [-0.39, 0.29) is 0 Å². The molecule has 0 aliphatic heterocycles. The van der Waals surface area contributed by atoms with E-state index in [1.165, 1.54) is 0 Å². The lowest BCUT2D eigenvalue weighted by Crippen LogP contribution is -2.09. The summed E-state index contributed by atoms with van der Waals surface area (Å²) >= 11 is 5.85. The molecule has 0 atom stereocenters. The second-order valence-electron chi connectivity index (χ2n) is 4.74. The highest BCUT2D eigenvalue weighted by Gasteiger charge is 1.99. The summed E-state index contributed by atoms with van der Waals surface area (Å²) in [6, 6.07) is 16.1. The Labute approximate surface area is 119 Å². The van der Waals surface area contributed by atoms with Crippen molar-refractivity contribution in [2.24, 2.45) is 0 Å². The molecule has 2 aromatic carbocycles. The van der Waals surface area contributed by atoms with Gasteiger partial charge < -0.3 is 10.1 Å². The first-order valence-corrected chi connectivity index (χ1v) is 6.75. The largest absolute Gasteiger partial charge is 0.489 e. The highest BCUT2D eigenvalue weighted by atomic mass is 35.5. The minimum Gasteiger partial charge on any atom is -0.489 e. The molecule has 0 amide bonds. The van der Waals surface area contributed by atoms with Crippen LogP contribution in [0.15, 0.2) is 48.5 Å². The molecule has 0 bridgehead atoms. The summed E-state index contributed by atoms with van der Waals surface area (Å²) in [7, 11) is 0. The molecule has 0 aromatic heterocycles. The fourth-order valence-corrected chi connectivity index (χ4v) is 1.88. The van der Waals surface area contributed by atoms with Crippen molar-refractivity contribution in [2.75, 3.05) is 5.32 Å². The van der Waals surface area contributed by atoms with E-state index < -0.39 is 0 Å². The van der Waals surface area contributed by atoms with Gasteiger partial charge in [0.05, 0.1) is 0 Å². The second-order valence-corrected chi connectivity index (χ2v) is 5.18. The molecule has 0 saturated heterocycles. The maximum Gasteiger partial charge on any atom is 0.121 e. The monoisotopic (exact) mass is 275 g/mol. The van der Waals surface area contributed by atoms with Crippen molar-refractivity contribution < 1.29 is 4.74 Å². The summed E-state index contributed by atoms with van der Waals surface area (Å²) in [6.45, 7) is 4.77. The SMILES string of the molecule is CC(C)Nc1cccc(OCc2ccc(Cl)cc2)c1. The van der Waals surface area contributed by atoms with Gasteiger partial charge in [0.2, 0.25) is 0 Å². The summed E-state index contributed by atoms with van der Waals surface area (Å²) in [5, 5.41) is 4.10. The van der Waals surface area contributed by atoms with Crippen molar-refractivity contribution in [3.8, 4) is 5.75 Å². The molecule has 2 nitrogen and oxygen atoms in total. The van der Waals surface area contributed by atoms with Crippen LogP contribution in [-0.4, -0.2) is 6.04 Å². The van der Waals surface area contributed by atoms with E-state index in [0.29, 0.717) is 12.6 Å². The number of rotatable bonds is 5. The molecule has 2 rings (SSSR count). The minimum absolute atomic E-state index is 0.409. The number of nitrogens with one attached hydrogen (secondary N) is 1. The van der Waals surface area contributed by atoms with Gasteiger partial charge in [0.1, 0.15) is 12.4 Å². The first kappa shape index (κ1) is 13.8. The summed E-state index contributed by atoms with van der Waals surface area (Å²) in [5.41, 5.74) is 2.18. The Morgan fingerprint density at radius 2 is 1.84 bits per heavy atom. The second kappa shape index (κ2) is 6.48. The molecule has 100 valence electrons. The highest BCUT2D eigenvalue weighted by Crippen LogP contribution is 2.19. The van der Waals surface area contributed by atoms with Gasteiger partial charge in [-0.2, -0.15) is 0 Å². The molecule has 0 saturated carbocycles. The first-order valence-electron chi connectivity index (χ1n) is 6.37. The van der Waals surface area contributed by atoms with Crippen LogP contribution in [0, 0.1) is 0 Å². The molecule has 0 fully saturated rings. The van der Waals surface area contributed by atoms with Gasteiger partial charge in [-0.3, -0.25) is 0 Å². The van der Waals surface area contributed by atoms with Crippen molar-refractivity contribution >= 4 is 17.3 Å². The maximum atomic E-state index is 5.85. The van der Waals surface area contributed by atoms with Crippen molar-refractivity contribution in [1.29, 1.82) is 0 Å². The third-order valence-electron chi connectivity index (χ3n) is 2.61. The molecule has 0 unspecified atom stereocenters. The predicted octanol–water partition coefficient (Wildman–Crippen LogP) is 4.74. The molecule has 1 N–H and O–H groups in total. The Morgan fingerprint density at radius 3 is 2.53 bits per heavy atom. The average Bonchev–Trinajstić information content (AvgIpc) is 2.38. The van der Waals surface area contributed by atoms with Crippen molar-refractivity contribution in [1.82, 2.24) is 0 Å². The molecule has 0 spiro atoms. The van der Waals surface area contributed by atoms with Gasteiger partial charge in [0.25, 0.3) is 0 Å². The zero-order valence-electron chi connectivity index (χ0n) is 11.2. The summed E-state index contributed by atoms with van der Waals surface area (Å²) in [5.74, 6) is 0.862. The lowest BCUT2D eigenvalue weighted by molar-refractivity contribution is 0.306. The van der Waals surface area contributed by atoms with Crippen LogP contribution in [0.3, 0.4) is 0 Å². The minimum atomic E-state index is 0.409. The summed E-state index contributed by atoms with van der Waals surface area (Å²) in [4.78, 5) is 0. The Balaban J connectivity index is 1.97. The molecule has 19 heavy (non-hydrogen) atoms. The van der Waals surface area contributed by atoms with Crippen LogP contribution in [0.4, 0.5) is 5.69 Å². The van der Waals surface area contributed by atoms with E-state index in [1.807, 2.05) is 48.5 Å². The number of benzene rings is 2. The van der Waals surface area contributed by atoms with Gasteiger partial charge in [0, 0.05) is 22.8 Å². The molecule has 2 aromatic rings. The molecular weight excluding hydrogens is 258 g/mol. The van der Waals surface area contributed by atoms with Crippen LogP contribution in [0.5, 0.6) is 5.75 Å². The lowest BCUT2D eigenvalue weighted by Gasteiger charge is -2.12. The fourth-order valence-electron chi connectivity index (χ4n) is 1.76. The third kappa shape index (κ3) is 4.49. The topological polar surface area (TPSA) is 21.3 Å². The average molecular weight is 276 g/mol. The first-order chi connectivity index (χ1) is 9.13. The van der Waals surface area contributed by atoms with E-state index in [9.17, 15) is 0 Å². The Kier molecular flexibility index (Phi) is 4.69. The standard InChI is InChI=1S/C16H18ClNO/c1-12(2)18-15-4-3-5-16(10-15)19-11-13-6-8-14(17)9-7-13/h3-10,12,18H,11H2,1-2H3. The van der Waals surface area contributed by atoms with Crippen LogP contribution < -0.4 is 10.1 Å². The van der Waals surface area contributed by atoms with Crippen molar-refractivity contribution in [2.45, 2.75) is 26.5 Å². The van der Waals surface area contributed by atoms with Crippen molar-refractivity contribution in [3.63, 3.8) is 0 Å².